The van der Waals surface area contributed by atoms with Gasteiger partial charge in [-0.3, -0.25) is 0 Å². The van der Waals surface area contributed by atoms with Gasteiger partial charge in [0.05, 0.1) is 0 Å². The van der Waals surface area contributed by atoms with Gasteiger partial charge in [-0.15, -0.1) is 0 Å². The topological polar surface area (TPSA) is 3.24 Å². The van der Waals surface area contributed by atoms with Crippen molar-refractivity contribution in [2.75, 3.05) is 13.1 Å². The molecule has 0 fully saturated rings. The van der Waals surface area contributed by atoms with Crippen LogP contribution in [0.2, 0.25) is 0 Å². The Labute approximate surface area is 116 Å². The van der Waals surface area contributed by atoms with Gasteiger partial charge in [0.25, 0.3) is 0 Å². The van der Waals surface area contributed by atoms with Gasteiger partial charge in [0, 0.05) is 13.1 Å². The predicted molar refractivity (Wildman–Crippen MR) is 63.5 cm³/mol. The second-order valence-corrected chi connectivity index (χ2v) is 3.47. The first-order valence-electron chi connectivity index (χ1n) is 4.59. The monoisotopic (exact) mass is 229 g/mol. The summed E-state index contributed by atoms with van der Waals surface area (Å²) < 4.78 is 0.579. The fraction of sp³-hybridized carbons (Fsp3) is 0.889. The van der Waals surface area contributed by atoms with Crippen LogP contribution in [0.5, 0.6) is 0 Å². The predicted octanol–water partition coefficient (Wildman–Crippen LogP) is -0.0296. The van der Waals surface area contributed by atoms with E-state index in [1.165, 1.54) is 12.8 Å². The van der Waals surface area contributed by atoms with Crippen LogP contribution in [0.25, 0.3) is 0 Å². The molecule has 4 heteroatoms. The zero-order valence-corrected chi connectivity index (χ0v) is 13.2. The van der Waals surface area contributed by atoms with Gasteiger partial charge >= 0.3 is 29.6 Å². The van der Waals surface area contributed by atoms with E-state index >= 15 is 0 Å². The van der Waals surface area contributed by atoms with Crippen molar-refractivity contribution in [3.8, 4) is 0 Å². The minimum absolute atomic E-state index is 0. The van der Waals surface area contributed by atoms with E-state index in [-0.39, 0.29) is 29.6 Å². The molecule has 0 aliphatic heterocycles. The van der Waals surface area contributed by atoms with Gasteiger partial charge in [-0.2, -0.15) is 0 Å². The van der Waals surface area contributed by atoms with Crippen molar-refractivity contribution in [3.05, 3.63) is 0 Å². The molecule has 0 saturated carbocycles. The molecule has 0 atom stereocenters. The van der Waals surface area contributed by atoms with Crippen molar-refractivity contribution in [1.82, 2.24) is 4.90 Å². The second kappa shape index (κ2) is 15.6. The van der Waals surface area contributed by atoms with Crippen LogP contribution in [0.15, 0.2) is 0 Å². The third kappa shape index (κ3) is 15.8. The molecular formula is C9H20NNaS2. The summed E-state index contributed by atoms with van der Waals surface area (Å²) in [4.78, 5) is 1.96. The van der Waals surface area contributed by atoms with Crippen molar-refractivity contribution in [3.63, 3.8) is 0 Å². The number of unbranched alkanes of at least 4 members (excludes halogenated alkanes) is 1. The summed E-state index contributed by atoms with van der Waals surface area (Å²) in [5, 5.41) is 0. The van der Waals surface area contributed by atoms with E-state index in [0.29, 0.717) is 4.32 Å². The van der Waals surface area contributed by atoms with Crippen LogP contribution in [0.4, 0.5) is 0 Å². The van der Waals surface area contributed by atoms with Gasteiger partial charge in [0.15, 0.2) is 0 Å². The summed E-state index contributed by atoms with van der Waals surface area (Å²) in [6.07, 6.45) is 2.64. The van der Waals surface area contributed by atoms with Crippen molar-refractivity contribution < 1.29 is 29.6 Å². The maximum Gasteiger partial charge on any atom is 1.00 e. The molecule has 13 heavy (non-hydrogen) atoms. The van der Waals surface area contributed by atoms with E-state index in [0.717, 1.165) is 13.1 Å². The van der Waals surface area contributed by atoms with E-state index in [2.05, 4.69) is 13.8 Å². The molecule has 0 unspecified atom stereocenters. The van der Waals surface area contributed by atoms with Crippen LogP contribution < -0.4 is 29.6 Å². The molecule has 0 amide bonds. The maximum atomic E-state index is 4.76. The van der Waals surface area contributed by atoms with E-state index in [1.807, 2.05) is 18.7 Å². The molecule has 0 aliphatic rings. The van der Waals surface area contributed by atoms with E-state index in [1.54, 1.807) is 0 Å². The first kappa shape index (κ1) is 19.6. The minimum atomic E-state index is 0. The summed E-state index contributed by atoms with van der Waals surface area (Å²) in [5.74, 6) is 0. The largest absolute Gasteiger partial charge is 1.00 e. The Kier molecular flexibility index (Phi) is 23.5. The van der Waals surface area contributed by atoms with Crippen molar-refractivity contribution in [2.45, 2.75) is 40.5 Å². The van der Waals surface area contributed by atoms with Gasteiger partial charge in [-0.1, -0.05) is 31.0 Å². The fourth-order valence-electron chi connectivity index (χ4n) is 0.482. The summed E-state index contributed by atoms with van der Waals surface area (Å²) in [7, 11) is 0. The Morgan fingerprint density at radius 2 is 1.38 bits per heavy atom. The molecule has 0 radical (unpaired) electrons. The number of thiocarbonyl (C=S) groups is 1. The molecule has 74 valence electrons. The standard InChI is InChI=1S/C5H11NS2.C4H10.Na/c1-3-6(4-2)5(7)8;1-3-4-2;/h3-4H2,1-2H3,(H,7,8);3-4H2,1-2H3;/q;;+1/p-1. The Morgan fingerprint density at radius 1 is 1.08 bits per heavy atom. The molecule has 0 N–H and O–H groups in total. The molecule has 0 bridgehead atoms. The van der Waals surface area contributed by atoms with Crippen LogP contribution >= 0.6 is 12.2 Å². The molecule has 0 heterocycles. The third-order valence-electron chi connectivity index (χ3n) is 1.52. The van der Waals surface area contributed by atoms with E-state index in [4.69, 9.17) is 24.8 Å². The molecule has 0 rings (SSSR count). The van der Waals surface area contributed by atoms with Crippen LogP contribution in [-0.2, 0) is 12.6 Å². The zero-order chi connectivity index (χ0) is 9.98. The van der Waals surface area contributed by atoms with Crippen LogP contribution in [0, 0.1) is 0 Å². The SMILES string of the molecule is CCCC.CCN(CC)C(=S)[S-].[Na+]. The van der Waals surface area contributed by atoms with Crippen LogP contribution in [-0.4, -0.2) is 22.3 Å². The Bertz CT molecular complexity index is 104. The molecule has 0 saturated heterocycles. The van der Waals surface area contributed by atoms with Crippen LogP contribution in [0.3, 0.4) is 0 Å². The van der Waals surface area contributed by atoms with Gasteiger partial charge < -0.3 is 29.7 Å². The van der Waals surface area contributed by atoms with Gasteiger partial charge in [0.2, 0.25) is 0 Å². The molecule has 0 aromatic heterocycles. The number of rotatable bonds is 3. The summed E-state index contributed by atoms with van der Waals surface area (Å²) in [5.41, 5.74) is 0. The maximum absolute atomic E-state index is 4.76. The van der Waals surface area contributed by atoms with Crippen molar-refractivity contribution in [2.24, 2.45) is 0 Å². The minimum Gasteiger partial charge on any atom is -0.411 e. The van der Waals surface area contributed by atoms with Crippen molar-refractivity contribution >= 4 is 29.2 Å². The zero-order valence-electron chi connectivity index (χ0n) is 9.59. The average Bonchev–Trinajstić information content (AvgIpc) is 2.07. The third-order valence-corrected chi connectivity index (χ3v) is 2.04. The summed E-state index contributed by atoms with van der Waals surface area (Å²) in [6.45, 7) is 10.3. The molecule has 0 aliphatic carbocycles. The smallest absolute Gasteiger partial charge is 0.411 e. The first-order valence-corrected chi connectivity index (χ1v) is 5.41. The molecular weight excluding hydrogens is 209 g/mol. The Hall–Kier alpha value is 1.11. The second-order valence-electron chi connectivity index (χ2n) is 2.44. The van der Waals surface area contributed by atoms with Crippen LogP contribution in [0.1, 0.15) is 40.5 Å². The van der Waals surface area contributed by atoms with Gasteiger partial charge in [0.1, 0.15) is 0 Å². The molecule has 0 aromatic rings. The first-order chi connectivity index (χ1) is 5.63. The van der Waals surface area contributed by atoms with Crippen molar-refractivity contribution in [1.29, 1.82) is 0 Å². The van der Waals surface area contributed by atoms with E-state index in [9.17, 15) is 0 Å². The van der Waals surface area contributed by atoms with Gasteiger partial charge in [-0.25, -0.2) is 0 Å². The molecule has 1 nitrogen and oxygen atoms in total. The Morgan fingerprint density at radius 3 is 1.38 bits per heavy atom. The van der Waals surface area contributed by atoms with E-state index < -0.39 is 0 Å². The average molecular weight is 229 g/mol. The van der Waals surface area contributed by atoms with Gasteiger partial charge in [-0.05, 0) is 13.8 Å². The molecule has 0 aromatic carbocycles. The number of nitrogens with zero attached hydrogens (tertiary/aromatic N) is 1. The number of hydrogen-bond acceptors (Lipinski definition) is 2. The number of hydrogen-bond donors (Lipinski definition) is 0. The molecule has 0 spiro atoms. The Balaban J connectivity index is -0.000000173. The fourth-order valence-corrected chi connectivity index (χ4v) is 0.998. The quantitative estimate of drug-likeness (QED) is 0.380. The normalized spacial score (nSPS) is 7.69. The summed E-state index contributed by atoms with van der Waals surface area (Å²) >= 11 is 9.51. The summed E-state index contributed by atoms with van der Waals surface area (Å²) in [6, 6.07) is 0.